The number of aliphatic carboxylic acids is 1. The summed E-state index contributed by atoms with van der Waals surface area (Å²) in [6.45, 7) is 6.45. The van der Waals surface area contributed by atoms with Crippen molar-refractivity contribution in [3.05, 3.63) is 59.7 Å². The molecule has 2 amide bonds. The van der Waals surface area contributed by atoms with Crippen molar-refractivity contribution in [2.45, 2.75) is 51.7 Å². The van der Waals surface area contributed by atoms with Gasteiger partial charge in [0.1, 0.15) is 6.61 Å². The zero-order valence-corrected chi connectivity index (χ0v) is 19.9. The van der Waals surface area contributed by atoms with Crippen molar-refractivity contribution >= 4 is 18.0 Å². The molecular formula is C26H32N2O6. The molecule has 0 spiro atoms. The Morgan fingerprint density at radius 1 is 0.971 bits per heavy atom. The molecule has 8 heteroatoms. The van der Waals surface area contributed by atoms with Crippen LogP contribution in [0.4, 0.5) is 4.79 Å². The molecule has 34 heavy (non-hydrogen) atoms. The fourth-order valence-corrected chi connectivity index (χ4v) is 3.96. The summed E-state index contributed by atoms with van der Waals surface area (Å²) in [6.07, 6.45) is -0.726. The predicted octanol–water partition coefficient (Wildman–Crippen LogP) is 3.28. The van der Waals surface area contributed by atoms with Crippen LogP contribution in [0.15, 0.2) is 48.5 Å². The number of carboxylic acid groups (broad SMARTS) is 1. The molecule has 0 bridgehead atoms. The summed E-state index contributed by atoms with van der Waals surface area (Å²) in [5, 5.41) is 24.0. The molecule has 0 radical (unpaired) electrons. The maximum absolute atomic E-state index is 12.7. The third-order valence-corrected chi connectivity index (χ3v) is 6.16. The van der Waals surface area contributed by atoms with Crippen LogP contribution in [0.3, 0.4) is 0 Å². The average molecular weight is 469 g/mol. The lowest BCUT2D eigenvalue weighted by atomic mass is 9.84. The highest BCUT2D eigenvalue weighted by molar-refractivity contribution is 5.81. The molecule has 2 aromatic carbocycles. The number of alkyl carbamates (subject to hydrolysis) is 1. The molecule has 0 saturated heterocycles. The van der Waals surface area contributed by atoms with Gasteiger partial charge in [0.05, 0.1) is 6.54 Å². The van der Waals surface area contributed by atoms with Gasteiger partial charge in [0.25, 0.3) is 0 Å². The monoisotopic (exact) mass is 468 g/mol. The molecule has 1 aliphatic rings. The number of hydrogen-bond donors (Lipinski definition) is 4. The molecule has 1 aliphatic carbocycles. The largest absolute Gasteiger partial charge is 0.479 e. The zero-order valence-electron chi connectivity index (χ0n) is 19.9. The molecule has 2 atom stereocenters. The van der Waals surface area contributed by atoms with E-state index < -0.39 is 41.6 Å². The quantitative estimate of drug-likeness (QED) is 0.471. The Morgan fingerprint density at radius 3 is 2.00 bits per heavy atom. The Labute approximate surface area is 199 Å². The fraction of sp³-hybridized carbons (Fsp3) is 0.423. The van der Waals surface area contributed by atoms with E-state index in [2.05, 4.69) is 22.8 Å². The van der Waals surface area contributed by atoms with E-state index in [1.165, 1.54) is 0 Å². The molecule has 0 aliphatic heterocycles. The standard InChI is InChI=1S/C26H32N2O6/c1-25(2,3)21(13-22(29)27-15-26(4,33)23(30)31)28-24(32)34-14-20-18-11-7-5-9-16(18)17-10-6-8-12-19(17)20/h5-12,20-21,33H,13-15H2,1-4H3,(H,27,29)(H,28,32)(H,30,31). The van der Waals surface area contributed by atoms with E-state index in [0.29, 0.717) is 0 Å². The van der Waals surface area contributed by atoms with Crippen LogP contribution in [0.25, 0.3) is 11.1 Å². The number of carboxylic acids is 1. The van der Waals surface area contributed by atoms with Gasteiger partial charge in [0.2, 0.25) is 5.91 Å². The van der Waals surface area contributed by atoms with Gasteiger partial charge in [0, 0.05) is 18.4 Å². The van der Waals surface area contributed by atoms with Crippen molar-refractivity contribution in [1.82, 2.24) is 10.6 Å². The summed E-state index contributed by atoms with van der Waals surface area (Å²) in [5.74, 6) is -2.00. The number of aliphatic hydroxyl groups is 1. The van der Waals surface area contributed by atoms with E-state index in [0.717, 1.165) is 29.2 Å². The van der Waals surface area contributed by atoms with Crippen LogP contribution in [0.5, 0.6) is 0 Å². The molecule has 8 nitrogen and oxygen atoms in total. The SMILES string of the molecule is CC(O)(CNC(=O)CC(NC(=O)OCC1c2ccccc2-c2ccccc21)C(C)(C)C)C(=O)O. The van der Waals surface area contributed by atoms with Crippen LogP contribution in [-0.2, 0) is 14.3 Å². The molecule has 4 N–H and O–H groups in total. The van der Waals surface area contributed by atoms with Crippen LogP contribution in [0, 0.1) is 5.41 Å². The highest BCUT2D eigenvalue weighted by Crippen LogP contribution is 2.44. The average Bonchev–Trinajstić information content (AvgIpc) is 3.09. The maximum Gasteiger partial charge on any atom is 0.407 e. The molecule has 2 aromatic rings. The van der Waals surface area contributed by atoms with E-state index in [1.807, 2.05) is 57.2 Å². The molecule has 0 fully saturated rings. The third kappa shape index (κ3) is 5.75. The molecule has 0 aromatic heterocycles. The number of ether oxygens (including phenoxy) is 1. The van der Waals surface area contributed by atoms with E-state index in [-0.39, 0.29) is 18.9 Å². The molecular weight excluding hydrogens is 436 g/mol. The third-order valence-electron chi connectivity index (χ3n) is 6.16. The van der Waals surface area contributed by atoms with E-state index in [9.17, 15) is 19.5 Å². The smallest absolute Gasteiger partial charge is 0.407 e. The second-order valence-corrected chi connectivity index (χ2v) is 9.95. The molecule has 182 valence electrons. The second kappa shape index (κ2) is 9.85. The number of rotatable bonds is 8. The van der Waals surface area contributed by atoms with Crippen molar-refractivity contribution in [1.29, 1.82) is 0 Å². The van der Waals surface area contributed by atoms with Crippen LogP contribution < -0.4 is 10.6 Å². The van der Waals surface area contributed by atoms with Crippen molar-refractivity contribution in [2.75, 3.05) is 13.2 Å². The van der Waals surface area contributed by atoms with Gasteiger partial charge in [-0.2, -0.15) is 0 Å². The predicted molar refractivity (Wildman–Crippen MR) is 127 cm³/mol. The lowest BCUT2D eigenvalue weighted by molar-refractivity contribution is -0.156. The maximum atomic E-state index is 12.7. The van der Waals surface area contributed by atoms with Gasteiger partial charge in [-0.1, -0.05) is 69.3 Å². The fourth-order valence-electron chi connectivity index (χ4n) is 3.96. The van der Waals surface area contributed by atoms with E-state index in [1.54, 1.807) is 0 Å². The van der Waals surface area contributed by atoms with Gasteiger partial charge in [-0.05, 0) is 34.6 Å². The first-order chi connectivity index (χ1) is 15.9. The van der Waals surface area contributed by atoms with Crippen LogP contribution in [-0.4, -0.2) is 53.0 Å². The molecule has 0 saturated carbocycles. The first-order valence-electron chi connectivity index (χ1n) is 11.2. The summed E-state index contributed by atoms with van der Waals surface area (Å²) in [4.78, 5) is 36.1. The topological polar surface area (TPSA) is 125 Å². The van der Waals surface area contributed by atoms with Gasteiger partial charge in [-0.25, -0.2) is 9.59 Å². The summed E-state index contributed by atoms with van der Waals surface area (Å²) in [7, 11) is 0. The van der Waals surface area contributed by atoms with Crippen molar-refractivity contribution in [3.8, 4) is 11.1 Å². The summed E-state index contributed by atoms with van der Waals surface area (Å²) >= 11 is 0. The Bertz CT molecular complexity index is 1030. The molecule has 0 heterocycles. The first kappa shape index (κ1) is 25.2. The van der Waals surface area contributed by atoms with Crippen molar-refractivity contribution < 1.29 is 29.3 Å². The van der Waals surface area contributed by atoms with Crippen molar-refractivity contribution in [2.24, 2.45) is 5.41 Å². The van der Waals surface area contributed by atoms with Gasteiger partial charge < -0.3 is 25.6 Å². The minimum Gasteiger partial charge on any atom is -0.479 e. The number of nitrogens with one attached hydrogen (secondary N) is 2. The Morgan fingerprint density at radius 2 is 1.50 bits per heavy atom. The van der Waals surface area contributed by atoms with Gasteiger partial charge in [0.15, 0.2) is 5.60 Å². The van der Waals surface area contributed by atoms with Gasteiger partial charge >= 0.3 is 12.1 Å². The van der Waals surface area contributed by atoms with E-state index in [4.69, 9.17) is 9.84 Å². The molecule has 3 rings (SSSR count). The van der Waals surface area contributed by atoms with Gasteiger partial charge in [-0.15, -0.1) is 0 Å². The zero-order chi connectivity index (χ0) is 25.1. The number of carbonyl (C=O) groups excluding carboxylic acids is 2. The Balaban J connectivity index is 1.62. The van der Waals surface area contributed by atoms with Crippen LogP contribution in [0.1, 0.15) is 51.2 Å². The summed E-state index contributed by atoms with van der Waals surface area (Å²) < 4.78 is 5.59. The van der Waals surface area contributed by atoms with Gasteiger partial charge in [-0.3, -0.25) is 4.79 Å². The highest BCUT2D eigenvalue weighted by Gasteiger charge is 2.33. The number of carbonyl (C=O) groups is 3. The number of hydrogen-bond acceptors (Lipinski definition) is 5. The summed E-state index contributed by atoms with van der Waals surface area (Å²) in [6, 6.07) is 15.5. The van der Waals surface area contributed by atoms with E-state index >= 15 is 0 Å². The highest BCUT2D eigenvalue weighted by atomic mass is 16.5. The van der Waals surface area contributed by atoms with Crippen LogP contribution in [0.2, 0.25) is 0 Å². The number of benzene rings is 2. The lowest BCUT2D eigenvalue weighted by Crippen LogP contribution is -2.50. The lowest BCUT2D eigenvalue weighted by Gasteiger charge is -2.31. The number of fused-ring (bicyclic) bond motifs is 3. The molecule has 2 unspecified atom stereocenters. The minimum atomic E-state index is -2.08. The minimum absolute atomic E-state index is 0.0761. The Kier molecular flexibility index (Phi) is 7.31. The summed E-state index contributed by atoms with van der Waals surface area (Å²) in [5.41, 5.74) is 1.93. The number of amides is 2. The van der Waals surface area contributed by atoms with Crippen molar-refractivity contribution in [3.63, 3.8) is 0 Å². The second-order valence-electron chi connectivity index (χ2n) is 9.95. The van der Waals surface area contributed by atoms with Crippen LogP contribution >= 0.6 is 0 Å². The first-order valence-corrected chi connectivity index (χ1v) is 11.2. The Hall–Kier alpha value is -3.39. The normalized spacial score (nSPS) is 15.4.